The average molecular weight is 314 g/mol. The molecule has 0 saturated heterocycles. The SMILES string of the molecule is CNCCc1cc(OC)c(OC)cc1C(=O)Nc1ccccc1. The summed E-state index contributed by atoms with van der Waals surface area (Å²) in [5.41, 5.74) is 2.25. The van der Waals surface area contributed by atoms with Crippen LogP contribution in [0.2, 0.25) is 0 Å². The van der Waals surface area contributed by atoms with Crippen LogP contribution >= 0.6 is 0 Å². The number of methoxy groups -OCH3 is 2. The molecule has 0 bridgehead atoms. The Morgan fingerprint density at radius 2 is 1.70 bits per heavy atom. The van der Waals surface area contributed by atoms with Crippen LogP contribution in [0.4, 0.5) is 5.69 Å². The molecular weight excluding hydrogens is 292 g/mol. The second-order valence-corrected chi connectivity index (χ2v) is 5.04. The lowest BCUT2D eigenvalue weighted by Crippen LogP contribution is -2.17. The van der Waals surface area contributed by atoms with Crippen molar-refractivity contribution in [3.63, 3.8) is 0 Å². The first-order valence-electron chi connectivity index (χ1n) is 7.45. The monoisotopic (exact) mass is 314 g/mol. The number of likely N-dealkylation sites (N-methyl/N-ethyl adjacent to an activating group) is 1. The van der Waals surface area contributed by atoms with Crippen molar-refractivity contribution in [2.24, 2.45) is 0 Å². The molecular formula is C18H22N2O3. The van der Waals surface area contributed by atoms with Gasteiger partial charge in [-0.15, -0.1) is 0 Å². The minimum atomic E-state index is -0.164. The van der Waals surface area contributed by atoms with Crippen LogP contribution in [0.5, 0.6) is 11.5 Å². The van der Waals surface area contributed by atoms with Gasteiger partial charge in [0.05, 0.1) is 14.2 Å². The van der Waals surface area contributed by atoms with Crippen molar-refractivity contribution in [2.75, 3.05) is 33.1 Å². The topological polar surface area (TPSA) is 59.6 Å². The highest BCUT2D eigenvalue weighted by Gasteiger charge is 2.16. The first-order chi connectivity index (χ1) is 11.2. The molecule has 0 aliphatic carbocycles. The Hall–Kier alpha value is -2.53. The summed E-state index contributed by atoms with van der Waals surface area (Å²) >= 11 is 0. The molecule has 0 spiro atoms. The van der Waals surface area contributed by atoms with E-state index in [-0.39, 0.29) is 5.91 Å². The van der Waals surface area contributed by atoms with Crippen LogP contribution in [-0.4, -0.2) is 33.7 Å². The van der Waals surface area contributed by atoms with Crippen LogP contribution in [0.25, 0.3) is 0 Å². The number of hydrogen-bond acceptors (Lipinski definition) is 4. The Balaban J connectivity index is 2.35. The van der Waals surface area contributed by atoms with Crippen molar-refractivity contribution < 1.29 is 14.3 Å². The van der Waals surface area contributed by atoms with Gasteiger partial charge in [-0.1, -0.05) is 18.2 Å². The van der Waals surface area contributed by atoms with Gasteiger partial charge >= 0.3 is 0 Å². The summed E-state index contributed by atoms with van der Waals surface area (Å²) in [6.45, 7) is 0.765. The third kappa shape index (κ3) is 4.23. The summed E-state index contributed by atoms with van der Waals surface area (Å²) in [6.07, 6.45) is 0.717. The number of carbonyl (C=O) groups is 1. The molecule has 0 radical (unpaired) electrons. The predicted octanol–water partition coefficient (Wildman–Crippen LogP) is 2.72. The van der Waals surface area contributed by atoms with Crippen molar-refractivity contribution in [3.8, 4) is 11.5 Å². The van der Waals surface area contributed by atoms with Gasteiger partial charge in [-0.25, -0.2) is 0 Å². The first-order valence-corrected chi connectivity index (χ1v) is 7.45. The van der Waals surface area contributed by atoms with Gasteiger partial charge in [0, 0.05) is 11.3 Å². The molecule has 0 unspecified atom stereocenters. The van der Waals surface area contributed by atoms with E-state index in [0.717, 1.165) is 17.8 Å². The Morgan fingerprint density at radius 1 is 1.04 bits per heavy atom. The first kappa shape index (κ1) is 16.8. The number of para-hydroxylation sites is 1. The van der Waals surface area contributed by atoms with Gasteiger partial charge in [0.1, 0.15) is 0 Å². The number of benzene rings is 2. The average Bonchev–Trinajstić information content (AvgIpc) is 2.59. The van der Waals surface area contributed by atoms with Gasteiger partial charge in [-0.05, 0) is 49.8 Å². The summed E-state index contributed by atoms with van der Waals surface area (Å²) in [6, 6.07) is 13.0. The van der Waals surface area contributed by atoms with Gasteiger partial charge in [-0.3, -0.25) is 4.79 Å². The minimum absolute atomic E-state index is 0.164. The molecule has 0 aliphatic rings. The standard InChI is InChI=1S/C18H22N2O3/c1-19-10-9-13-11-16(22-2)17(23-3)12-15(13)18(21)20-14-7-5-4-6-8-14/h4-8,11-12,19H,9-10H2,1-3H3,(H,20,21). The van der Waals surface area contributed by atoms with E-state index in [1.165, 1.54) is 0 Å². The van der Waals surface area contributed by atoms with E-state index in [0.29, 0.717) is 23.5 Å². The molecule has 0 heterocycles. The maximum absolute atomic E-state index is 12.6. The van der Waals surface area contributed by atoms with Crippen LogP contribution in [0.1, 0.15) is 15.9 Å². The van der Waals surface area contributed by atoms with Gasteiger partial charge < -0.3 is 20.1 Å². The Bertz CT molecular complexity index is 657. The lowest BCUT2D eigenvalue weighted by molar-refractivity contribution is 0.102. The second-order valence-electron chi connectivity index (χ2n) is 5.04. The fraction of sp³-hybridized carbons (Fsp3) is 0.278. The second kappa shape index (κ2) is 8.19. The zero-order valence-electron chi connectivity index (χ0n) is 13.7. The van der Waals surface area contributed by atoms with E-state index in [9.17, 15) is 4.79 Å². The lowest BCUT2D eigenvalue weighted by atomic mass is 10.0. The third-order valence-corrected chi connectivity index (χ3v) is 3.53. The summed E-state index contributed by atoms with van der Waals surface area (Å²) in [4.78, 5) is 12.6. The molecule has 5 heteroatoms. The van der Waals surface area contributed by atoms with Crippen molar-refractivity contribution >= 4 is 11.6 Å². The van der Waals surface area contributed by atoms with Crippen LogP contribution in [0, 0.1) is 0 Å². The molecule has 0 fully saturated rings. The zero-order chi connectivity index (χ0) is 16.7. The molecule has 0 saturated carbocycles. The molecule has 2 N–H and O–H groups in total. The van der Waals surface area contributed by atoms with E-state index < -0.39 is 0 Å². The van der Waals surface area contributed by atoms with E-state index >= 15 is 0 Å². The molecule has 1 amide bonds. The highest BCUT2D eigenvalue weighted by Crippen LogP contribution is 2.31. The summed E-state index contributed by atoms with van der Waals surface area (Å²) in [7, 11) is 5.03. The van der Waals surface area contributed by atoms with Crippen molar-refractivity contribution in [1.29, 1.82) is 0 Å². The number of hydrogen-bond donors (Lipinski definition) is 2. The molecule has 0 atom stereocenters. The smallest absolute Gasteiger partial charge is 0.256 e. The Labute approximate surface area is 136 Å². The molecule has 0 aromatic heterocycles. The highest BCUT2D eigenvalue weighted by atomic mass is 16.5. The maximum atomic E-state index is 12.6. The van der Waals surface area contributed by atoms with Crippen LogP contribution in [0.3, 0.4) is 0 Å². The highest BCUT2D eigenvalue weighted by molar-refractivity contribution is 6.05. The summed E-state index contributed by atoms with van der Waals surface area (Å²) in [5, 5.41) is 6.00. The Kier molecular flexibility index (Phi) is 6.00. The number of amides is 1. The minimum Gasteiger partial charge on any atom is -0.493 e. The molecule has 122 valence electrons. The molecule has 2 rings (SSSR count). The van der Waals surface area contributed by atoms with Gasteiger partial charge in [0.2, 0.25) is 0 Å². The largest absolute Gasteiger partial charge is 0.493 e. The molecule has 2 aromatic rings. The maximum Gasteiger partial charge on any atom is 0.256 e. The number of ether oxygens (including phenoxy) is 2. The number of rotatable bonds is 7. The van der Waals surface area contributed by atoms with Crippen LogP contribution < -0.4 is 20.1 Å². The van der Waals surface area contributed by atoms with Crippen LogP contribution in [-0.2, 0) is 6.42 Å². The lowest BCUT2D eigenvalue weighted by Gasteiger charge is -2.15. The predicted molar refractivity (Wildman–Crippen MR) is 91.6 cm³/mol. The molecule has 2 aromatic carbocycles. The van der Waals surface area contributed by atoms with E-state index in [2.05, 4.69) is 10.6 Å². The van der Waals surface area contributed by atoms with Crippen LogP contribution in [0.15, 0.2) is 42.5 Å². The van der Waals surface area contributed by atoms with E-state index in [4.69, 9.17) is 9.47 Å². The Morgan fingerprint density at radius 3 is 2.30 bits per heavy atom. The van der Waals surface area contributed by atoms with Crippen molar-refractivity contribution in [2.45, 2.75) is 6.42 Å². The van der Waals surface area contributed by atoms with E-state index in [1.54, 1.807) is 20.3 Å². The number of anilines is 1. The quantitative estimate of drug-likeness (QED) is 0.825. The molecule has 0 aliphatic heterocycles. The van der Waals surface area contributed by atoms with Crippen molar-refractivity contribution in [3.05, 3.63) is 53.6 Å². The van der Waals surface area contributed by atoms with E-state index in [1.807, 2.05) is 43.4 Å². The number of nitrogens with one attached hydrogen (secondary N) is 2. The third-order valence-electron chi connectivity index (χ3n) is 3.53. The van der Waals surface area contributed by atoms with Crippen molar-refractivity contribution in [1.82, 2.24) is 5.32 Å². The summed E-state index contributed by atoms with van der Waals surface area (Å²) in [5.74, 6) is 0.997. The normalized spacial score (nSPS) is 10.2. The van der Waals surface area contributed by atoms with Gasteiger partial charge in [-0.2, -0.15) is 0 Å². The fourth-order valence-electron chi connectivity index (χ4n) is 2.32. The fourth-order valence-corrected chi connectivity index (χ4v) is 2.32. The van der Waals surface area contributed by atoms with Gasteiger partial charge in [0.25, 0.3) is 5.91 Å². The van der Waals surface area contributed by atoms with Gasteiger partial charge in [0.15, 0.2) is 11.5 Å². The zero-order valence-corrected chi connectivity index (χ0v) is 13.7. The summed E-state index contributed by atoms with van der Waals surface area (Å²) < 4.78 is 10.6. The molecule has 23 heavy (non-hydrogen) atoms. The number of carbonyl (C=O) groups excluding carboxylic acids is 1. The molecule has 5 nitrogen and oxygen atoms in total.